The van der Waals surface area contributed by atoms with E-state index in [1.807, 2.05) is 24.6 Å². The van der Waals surface area contributed by atoms with Crippen molar-refractivity contribution >= 4 is 18.2 Å². The second-order valence-corrected chi connectivity index (χ2v) is 4.95. The molecule has 0 radical (unpaired) electrons. The zero-order chi connectivity index (χ0) is 19.1. The van der Waals surface area contributed by atoms with Crippen LogP contribution in [0.4, 0.5) is 26.3 Å². The first kappa shape index (κ1) is 25.0. The molecule has 0 saturated heterocycles. The molecular formula is C15H14CeF6N2O2. The molecule has 2 aliphatic heterocycles. The Morgan fingerprint density at radius 1 is 0.923 bits per heavy atom. The maximum absolute atomic E-state index is 11.4. The van der Waals surface area contributed by atoms with E-state index in [4.69, 9.17) is 5.11 Å². The Morgan fingerprint density at radius 3 is 1.62 bits per heavy atom. The average Bonchev–Trinajstić information content (AvgIpc) is 2.55. The smallest absolute Gasteiger partial charge is 0.454 e. The summed E-state index contributed by atoms with van der Waals surface area (Å²) >= 11 is 0. The Labute approximate surface area is 178 Å². The summed E-state index contributed by atoms with van der Waals surface area (Å²) in [7, 11) is 0. The zero-order valence-electron chi connectivity index (χ0n) is 13.1. The Morgan fingerprint density at radius 2 is 1.35 bits per heavy atom. The molecule has 2 rings (SSSR count). The molecule has 2 unspecified atom stereocenters. The number of allylic oxidation sites excluding steroid dienone is 4. The third kappa shape index (κ3) is 9.08. The molecule has 11 heteroatoms. The van der Waals surface area contributed by atoms with Gasteiger partial charge in [0.1, 0.15) is 0 Å². The van der Waals surface area contributed by atoms with Gasteiger partial charge in [0.05, 0.1) is 12.1 Å². The number of aliphatic imine (C=N–C) groups is 2. The molecule has 0 aliphatic carbocycles. The number of aliphatic hydroxyl groups excluding tert-OH is 1. The fourth-order valence-corrected chi connectivity index (χ4v) is 1.80. The molecule has 0 saturated carbocycles. The van der Waals surface area contributed by atoms with Crippen molar-refractivity contribution in [3.63, 3.8) is 0 Å². The van der Waals surface area contributed by atoms with Crippen LogP contribution in [0.3, 0.4) is 0 Å². The molecule has 142 valence electrons. The number of nitrogens with zero attached hydrogens (tertiary/aromatic N) is 2. The summed E-state index contributed by atoms with van der Waals surface area (Å²) in [4.78, 5) is 18.6. The molecule has 0 aromatic rings. The van der Waals surface area contributed by atoms with Gasteiger partial charge in [-0.05, 0) is 25.0 Å². The van der Waals surface area contributed by atoms with Crippen molar-refractivity contribution < 1.29 is 78.0 Å². The zero-order valence-corrected chi connectivity index (χ0v) is 16.3. The van der Waals surface area contributed by atoms with Crippen LogP contribution < -0.4 is 0 Å². The second kappa shape index (κ2) is 11.0. The number of dihydropyridines is 2. The number of aliphatic hydroxyl groups is 1. The van der Waals surface area contributed by atoms with E-state index in [0.29, 0.717) is 12.1 Å². The van der Waals surface area contributed by atoms with E-state index < -0.39 is 30.0 Å². The maximum atomic E-state index is 11.4. The van der Waals surface area contributed by atoms with Crippen molar-refractivity contribution in [1.29, 1.82) is 0 Å². The van der Waals surface area contributed by atoms with Crippen LogP contribution in [0.15, 0.2) is 46.1 Å². The fraction of sp³-hybridized carbons (Fsp3) is 0.400. The van der Waals surface area contributed by atoms with Gasteiger partial charge in [0.2, 0.25) is 5.76 Å². The van der Waals surface area contributed by atoms with Crippen molar-refractivity contribution in [3.05, 3.63) is 36.1 Å². The van der Waals surface area contributed by atoms with Gasteiger partial charge in [0, 0.05) is 60.3 Å². The van der Waals surface area contributed by atoms with Crippen molar-refractivity contribution in [2.45, 2.75) is 37.3 Å². The van der Waals surface area contributed by atoms with Gasteiger partial charge in [-0.2, -0.15) is 26.3 Å². The van der Waals surface area contributed by atoms with Crippen LogP contribution in [0.2, 0.25) is 0 Å². The number of hydrogen-bond acceptors (Lipinski definition) is 4. The van der Waals surface area contributed by atoms with Crippen LogP contribution in [0, 0.1) is 41.7 Å². The van der Waals surface area contributed by atoms with Gasteiger partial charge in [-0.3, -0.25) is 14.8 Å². The van der Waals surface area contributed by atoms with E-state index >= 15 is 0 Å². The number of hydrogen-bond donors (Lipinski definition) is 1. The molecule has 0 fully saturated rings. The quantitative estimate of drug-likeness (QED) is 0.350. The number of halogens is 6. The number of rotatable bonds is 2. The van der Waals surface area contributed by atoms with Gasteiger partial charge in [-0.25, -0.2) is 0 Å². The minimum absolute atomic E-state index is 0. The second-order valence-electron chi connectivity index (χ2n) is 4.95. The van der Waals surface area contributed by atoms with Gasteiger partial charge >= 0.3 is 12.4 Å². The van der Waals surface area contributed by atoms with Gasteiger partial charge < -0.3 is 5.11 Å². The standard InChI is InChI=1S/C10H12N2.C5H2F6O2.Ce/c1-3-7-11-9(5-1)10-6-2-4-8-12-10;6-4(7,8)2(12)1-3(13)5(9,10)11;/h1-4,7-10H,5-6H2;1,12H;/b;2-1-;. The summed E-state index contributed by atoms with van der Waals surface area (Å²) in [5.41, 5.74) is 0. The first-order valence-corrected chi connectivity index (χ1v) is 6.97. The Hall–Kier alpha value is -1.01. The van der Waals surface area contributed by atoms with Crippen molar-refractivity contribution in [2.24, 2.45) is 9.98 Å². The summed E-state index contributed by atoms with van der Waals surface area (Å²) in [6.07, 6.45) is 2.46. The largest absolute Gasteiger partial charge is 0.504 e. The fourth-order valence-electron chi connectivity index (χ4n) is 1.80. The summed E-state index contributed by atoms with van der Waals surface area (Å²) in [5.74, 6) is -5.34. The van der Waals surface area contributed by atoms with Crippen LogP contribution in [0.25, 0.3) is 0 Å². The van der Waals surface area contributed by atoms with Crippen LogP contribution in [0.1, 0.15) is 12.8 Å². The molecule has 1 N–H and O–H groups in total. The molecule has 0 amide bonds. The first-order valence-electron chi connectivity index (χ1n) is 6.97. The number of carbonyl (C=O) groups is 1. The molecule has 2 atom stereocenters. The SMILES string of the molecule is C1=CCC(C2CC=CC=N2)N=C1.O=C(/C=C(\O)C(F)(F)F)C(F)(F)F.[Ce]. The van der Waals surface area contributed by atoms with E-state index in [1.54, 1.807) is 0 Å². The van der Waals surface area contributed by atoms with Crippen LogP contribution in [-0.4, -0.2) is 47.8 Å². The Bertz CT molecular complexity index is 593. The summed E-state index contributed by atoms with van der Waals surface area (Å²) in [5, 5.41) is 7.93. The Kier molecular flexibility index (Phi) is 10.5. The third-order valence-electron chi connectivity index (χ3n) is 3.04. The minimum atomic E-state index is -5.42. The van der Waals surface area contributed by atoms with E-state index in [2.05, 4.69) is 22.1 Å². The topological polar surface area (TPSA) is 62.0 Å². The molecule has 4 nitrogen and oxygen atoms in total. The van der Waals surface area contributed by atoms with Gasteiger partial charge in [-0.15, -0.1) is 0 Å². The first-order chi connectivity index (χ1) is 11.5. The van der Waals surface area contributed by atoms with Crippen molar-refractivity contribution in [2.75, 3.05) is 0 Å². The van der Waals surface area contributed by atoms with Gasteiger partial charge in [0.15, 0.2) is 0 Å². The van der Waals surface area contributed by atoms with Crippen molar-refractivity contribution in [1.82, 2.24) is 0 Å². The summed E-state index contributed by atoms with van der Waals surface area (Å²) in [6, 6.07) is 0.743. The van der Waals surface area contributed by atoms with Crippen LogP contribution in [-0.2, 0) is 4.79 Å². The molecular weight excluding hydrogens is 494 g/mol. The normalized spacial score (nSPS) is 22.3. The third-order valence-corrected chi connectivity index (χ3v) is 3.04. The maximum Gasteiger partial charge on any atom is 0.454 e. The summed E-state index contributed by atoms with van der Waals surface area (Å²) in [6.45, 7) is 0. The molecule has 0 aromatic carbocycles. The Balaban J connectivity index is 0.000000463. The molecule has 2 aliphatic rings. The molecule has 2 heterocycles. The van der Waals surface area contributed by atoms with Gasteiger partial charge in [-0.1, -0.05) is 12.2 Å². The molecule has 0 bridgehead atoms. The van der Waals surface area contributed by atoms with E-state index in [1.165, 1.54) is 0 Å². The predicted octanol–water partition coefficient (Wildman–Crippen LogP) is 3.91. The molecule has 0 aromatic heterocycles. The van der Waals surface area contributed by atoms with Gasteiger partial charge in [0.25, 0.3) is 5.78 Å². The molecule has 26 heavy (non-hydrogen) atoms. The summed E-state index contributed by atoms with van der Waals surface area (Å²) < 4.78 is 68.1. The van der Waals surface area contributed by atoms with E-state index in [9.17, 15) is 31.1 Å². The predicted molar refractivity (Wildman–Crippen MR) is 79.9 cm³/mol. The van der Waals surface area contributed by atoms with E-state index in [0.717, 1.165) is 12.8 Å². The minimum Gasteiger partial charge on any atom is -0.504 e. The average molecular weight is 508 g/mol. The number of alkyl halides is 6. The number of carbonyl (C=O) groups excluding carboxylic acids is 1. The van der Waals surface area contributed by atoms with Crippen molar-refractivity contribution in [3.8, 4) is 0 Å². The van der Waals surface area contributed by atoms with E-state index in [-0.39, 0.29) is 41.7 Å². The number of ketones is 1. The monoisotopic (exact) mass is 508 g/mol. The van der Waals surface area contributed by atoms with Crippen LogP contribution in [0.5, 0.6) is 0 Å². The molecule has 0 spiro atoms. The van der Waals surface area contributed by atoms with Crippen LogP contribution >= 0.6 is 0 Å².